The lowest BCUT2D eigenvalue weighted by molar-refractivity contribution is -0.935. The van der Waals surface area contributed by atoms with Gasteiger partial charge in [-0.15, -0.1) is 11.3 Å². The minimum atomic E-state index is 0.0493. The molecule has 2 atom stereocenters. The first-order chi connectivity index (χ1) is 13.2. The molecule has 6 heteroatoms. The number of nitrogens with two attached hydrogens (primary N) is 1. The van der Waals surface area contributed by atoms with Crippen molar-refractivity contribution in [2.24, 2.45) is 0 Å². The van der Waals surface area contributed by atoms with Crippen molar-refractivity contribution >= 4 is 22.9 Å². The molecule has 2 heterocycles. The molecule has 1 fully saturated rings. The van der Waals surface area contributed by atoms with Gasteiger partial charge in [0.05, 0.1) is 37.5 Å². The fourth-order valence-electron chi connectivity index (χ4n) is 3.81. The topological polar surface area (TPSA) is 59.4 Å². The summed E-state index contributed by atoms with van der Waals surface area (Å²) in [7, 11) is 1.63. The standard InChI is InChI=1S/C21H29N3O2S/c1-16(13-21(25)23-17-7-5-8-18(14-17)26-2)22-15-19(20-9-6-12-27-20)24-10-3-4-11-24/h5-9,12,14,16,19,22H,3-4,10-11,13,15H2,1-2H3,(H,23,25)/p+2/t16-,19+/m0/s1. The van der Waals surface area contributed by atoms with Crippen LogP contribution in [0.3, 0.4) is 0 Å². The molecule has 3 rings (SSSR count). The lowest BCUT2D eigenvalue weighted by Gasteiger charge is -2.23. The van der Waals surface area contributed by atoms with Crippen LogP contribution >= 0.6 is 11.3 Å². The van der Waals surface area contributed by atoms with Crippen molar-refractivity contribution in [2.45, 2.75) is 38.3 Å². The number of carbonyl (C=O) groups is 1. The highest BCUT2D eigenvalue weighted by molar-refractivity contribution is 7.10. The molecule has 27 heavy (non-hydrogen) atoms. The number of hydrogen-bond donors (Lipinski definition) is 3. The Hall–Kier alpha value is -1.89. The van der Waals surface area contributed by atoms with E-state index in [4.69, 9.17) is 4.74 Å². The van der Waals surface area contributed by atoms with Gasteiger partial charge in [0.15, 0.2) is 6.04 Å². The Labute approximate surface area is 165 Å². The first-order valence-corrected chi connectivity index (χ1v) is 10.7. The first-order valence-electron chi connectivity index (χ1n) is 9.81. The number of hydrogen-bond acceptors (Lipinski definition) is 3. The second-order valence-corrected chi connectivity index (χ2v) is 8.35. The van der Waals surface area contributed by atoms with Gasteiger partial charge in [-0.2, -0.15) is 0 Å². The van der Waals surface area contributed by atoms with Crippen LogP contribution in [0, 0.1) is 0 Å². The van der Waals surface area contributed by atoms with E-state index in [2.05, 4.69) is 35.1 Å². The molecular weight excluding hydrogens is 358 g/mol. The number of methoxy groups -OCH3 is 1. The van der Waals surface area contributed by atoms with Crippen LogP contribution in [0.2, 0.25) is 0 Å². The Morgan fingerprint density at radius 1 is 1.30 bits per heavy atom. The lowest BCUT2D eigenvalue weighted by atomic mass is 10.1. The summed E-state index contributed by atoms with van der Waals surface area (Å²) in [5, 5.41) is 7.48. The predicted octanol–water partition coefficient (Wildman–Crippen LogP) is 1.46. The third-order valence-corrected chi connectivity index (χ3v) is 6.25. The van der Waals surface area contributed by atoms with Gasteiger partial charge in [0.2, 0.25) is 5.91 Å². The average Bonchev–Trinajstić information content (AvgIpc) is 3.36. The van der Waals surface area contributed by atoms with Crippen molar-refractivity contribution in [1.82, 2.24) is 0 Å². The number of rotatable bonds is 9. The monoisotopic (exact) mass is 389 g/mol. The van der Waals surface area contributed by atoms with E-state index in [-0.39, 0.29) is 11.9 Å². The predicted molar refractivity (Wildman–Crippen MR) is 109 cm³/mol. The molecule has 0 bridgehead atoms. The molecule has 1 aliphatic heterocycles. The SMILES string of the molecule is COc1cccc(NC(=O)C[C@H](C)[NH2+]C[C@H](c2cccs2)[NH+]2CCCC2)c1. The number of thiophene rings is 1. The summed E-state index contributed by atoms with van der Waals surface area (Å²) in [5.74, 6) is 0.799. The van der Waals surface area contributed by atoms with Crippen LogP contribution in [0.4, 0.5) is 5.69 Å². The van der Waals surface area contributed by atoms with Crippen LogP contribution in [0.5, 0.6) is 5.75 Å². The maximum Gasteiger partial charge on any atom is 0.230 e. The maximum absolute atomic E-state index is 12.4. The van der Waals surface area contributed by atoms with E-state index >= 15 is 0 Å². The molecular formula is C21H31N3O2S+2. The van der Waals surface area contributed by atoms with Gasteiger partial charge in [0, 0.05) is 24.6 Å². The highest BCUT2D eigenvalue weighted by Crippen LogP contribution is 2.17. The average molecular weight is 390 g/mol. The molecule has 5 nitrogen and oxygen atoms in total. The molecule has 0 radical (unpaired) electrons. The van der Waals surface area contributed by atoms with Gasteiger partial charge in [0.1, 0.15) is 12.3 Å². The van der Waals surface area contributed by atoms with E-state index in [1.807, 2.05) is 35.6 Å². The van der Waals surface area contributed by atoms with Crippen molar-refractivity contribution in [1.29, 1.82) is 0 Å². The van der Waals surface area contributed by atoms with E-state index in [9.17, 15) is 4.79 Å². The summed E-state index contributed by atoms with van der Waals surface area (Å²) in [5.41, 5.74) is 0.782. The van der Waals surface area contributed by atoms with E-state index in [0.29, 0.717) is 12.5 Å². The third-order valence-electron chi connectivity index (χ3n) is 5.26. The Balaban J connectivity index is 1.50. The summed E-state index contributed by atoms with van der Waals surface area (Å²) in [6, 6.07) is 12.7. The van der Waals surface area contributed by atoms with E-state index in [0.717, 1.165) is 18.0 Å². The van der Waals surface area contributed by atoms with Gasteiger partial charge >= 0.3 is 0 Å². The number of benzene rings is 1. The molecule has 4 N–H and O–H groups in total. The van der Waals surface area contributed by atoms with Gasteiger partial charge in [-0.25, -0.2) is 0 Å². The number of likely N-dealkylation sites (tertiary alicyclic amines) is 1. The van der Waals surface area contributed by atoms with Crippen LogP contribution in [-0.2, 0) is 4.79 Å². The van der Waals surface area contributed by atoms with Crippen molar-refractivity contribution in [3.8, 4) is 5.75 Å². The number of nitrogens with one attached hydrogen (secondary N) is 2. The highest BCUT2D eigenvalue weighted by atomic mass is 32.1. The normalized spacial score (nSPS) is 16.8. The molecule has 1 aliphatic rings. The number of ether oxygens (including phenoxy) is 1. The maximum atomic E-state index is 12.4. The summed E-state index contributed by atoms with van der Waals surface area (Å²) in [4.78, 5) is 15.5. The minimum absolute atomic E-state index is 0.0493. The highest BCUT2D eigenvalue weighted by Gasteiger charge is 2.30. The Morgan fingerprint density at radius 2 is 2.11 bits per heavy atom. The Bertz CT molecular complexity index is 714. The smallest absolute Gasteiger partial charge is 0.230 e. The number of carbonyl (C=O) groups excluding carboxylic acids is 1. The molecule has 1 aromatic heterocycles. The first kappa shape index (κ1) is 19.9. The lowest BCUT2D eigenvalue weighted by Crippen LogP contribution is -3.13. The summed E-state index contributed by atoms with van der Waals surface area (Å²) < 4.78 is 5.21. The second-order valence-electron chi connectivity index (χ2n) is 7.37. The van der Waals surface area contributed by atoms with E-state index in [1.54, 1.807) is 12.0 Å². The Morgan fingerprint density at radius 3 is 2.81 bits per heavy atom. The van der Waals surface area contributed by atoms with Gasteiger partial charge in [0.25, 0.3) is 0 Å². The zero-order valence-electron chi connectivity index (χ0n) is 16.2. The molecule has 1 aromatic carbocycles. The quantitative estimate of drug-likeness (QED) is 0.608. The zero-order chi connectivity index (χ0) is 19.1. The van der Waals surface area contributed by atoms with Crippen molar-refractivity contribution in [3.05, 3.63) is 46.7 Å². The van der Waals surface area contributed by atoms with Crippen LogP contribution in [-0.4, -0.2) is 38.7 Å². The summed E-state index contributed by atoms with van der Waals surface area (Å²) in [6.07, 6.45) is 3.16. The van der Waals surface area contributed by atoms with Crippen molar-refractivity contribution in [3.63, 3.8) is 0 Å². The number of amides is 1. The molecule has 0 aliphatic carbocycles. The molecule has 2 aromatic rings. The summed E-state index contributed by atoms with van der Waals surface area (Å²) in [6.45, 7) is 5.70. The van der Waals surface area contributed by atoms with E-state index in [1.165, 1.54) is 30.8 Å². The van der Waals surface area contributed by atoms with Crippen LogP contribution < -0.4 is 20.3 Å². The van der Waals surface area contributed by atoms with Gasteiger partial charge < -0.3 is 20.3 Å². The van der Waals surface area contributed by atoms with Crippen LogP contribution in [0.25, 0.3) is 0 Å². The third kappa shape index (κ3) is 5.79. The zero-order valence-corrected chi connectivity index (χ0v) is 17.1. The molecule has 0 unspecified atom stereocenters. The largest absolute Gasteiger partial charge is 0.497 e. The number of quaternary nitrogens is 2. The van der Waals surface area contributed by atoms with E-state index < -0.39 is 0 Å². The minimum Gasteiger partial charge on any atom is -0.497 e. The molecule has 0 saturated carbocycles. The molecule has 1 saturated heterocycles. The summed E-state index contributed by atoms with van der Waals surface area (Å²) >= 11 is 1.86. The van der Waals surface area contributed by atoms with Crippen molar-refractivity contribution in [2.75, 3.05) is 32.1 Å². The molecule has 1 amide bonds. The van der Waals surface area contributed by atoms with Crippen molar-refractivity contribution < 1.29 is 19.7 Å². The molecule has 146 valence electrons. The fraction of sp³-hybridized carbons (Fsp3) is 0.476. The van der Waals surface area contributed by atoms with Gasteiger partial charge in [-0.1, -0.05) is 12.1 Å². The second kappa shape index (κ2) is 9.88. The van der Waals surface area contributed by atoms with Gasteiger partial charge in [-0.3, -0.25) is 4.79 Å². The van der Waals surface area contributed by atoms with Crippen LogP contribution in [0.15, 0.2) is 41.8 Å². The van der Waals surface area contributed by atoms with Crippen LogP contribution in [0.1, 0.15) is 37.1 Å². The molecule has 0 spiro atoms. The number of anilines is 1. The Kier molecular flexibility index (Phi) is 7.26. The van der Waals surface area contributed by atoms with Gasteiger partial charge in [-0.05, 0) is 30.5 Å². The fourth-order valence-corrected chi connectivity index (χ4v) is 4.71.